The van der Waals surface area contributed by atoms with E-state index in [1.54, 1.807) is 26.4 Å². The minimum absolute atomic E-state index is 0.340. The lowest BCUT2D eigenvalue weighted by molar-refractivity contribution is 0.156. The standard InChI is InChI=1S/C13H21N3O3/c1-4-19-8-7-15-13(14)16-10-5-6-11(17-2)12(9-10)18-3/h5-6,9H,4,7-8H2,1-3H3,(H3,14,15,16). The highest BCUT2D eigenvalue weighted by Crippen LogP contribution is 2.29. The first-order valence-electron chi connectivity index (χ1n) is 6.08. The van der Waals surface area contributed by atoms with Crippen LogP contribution < -0.4 is 20.5 Å². The third-order valence-corrected chi connectivity index (χ3v) is 2.38. The van der Waals surface area contributed by atoms with Gasteiger partial charge in [0, 0.05) is 18.4 Å². The lowest BCUT2D eigenvalue weighted by Crippen LogP contribution is -2.23. The van der Waals surface area contributed by atoms with Crippen LogP contribution in [0.25, 0.3) is 0 Å². The summed E-state index contributed by atoms with van der Waals surface area (Å²) in [6, 6.07) is 5.44. The molecule has 3 N–H and O–H groups in total. The number of nitrogens with two attached hydrogens (primary N) is 1. The Morgan fingerprint density at radius 1 is 1.26 bits per heavy atom. The largest absolute Gasteiger partial charge is 0.493 e. The molecule has 6 heteroatoms. The number of hydrogen-bond acceptors (Lipinski definition) is 4. The monoisotopic (exact) mass is 267 g/mol. The molecule has 0 amide bonds. The first-order chi connectivity index (χ1) is 9.21. The van der Waals surface area contributed by atoms with Crippen LogP contribution in [-0.4, -0.2) is 39.9 Å². The third kappa shape index (κ3) is 5.05. The molecule has 0 radical (unpaired) electrons. The Balaban J connectivity index is 2.61. The summed E-state index contributed by atoms with van der Waals surface area (Å²) in [7, 11) is 3.18. The molecule has 106 valence electrons. The zero-order valence-corrected chi connectivity index (χ0v) is 11.6. The topological polar surface area (TPSA) is 78.1 Å². The molecule has 0 saturated carbocycles. The summed E-state index contributed by atoms with van der Waals surface area (Å²) >= 11 is 0. The van der Waals surface area contributed by atoms with E-state index in [1.165, 1.54) is 0 Å². The first kappa shape index (κ1) is 15.1. The molecule has 0 heterocycles. The lowest BCUT2D eigenvalue weighted by atomic mass is 10.3. The van der Waals surface area contributed by atoms with E-state index in [4.69, 9.17) is 19.9 Å². The average Bonchev–Trinajstić information content (AvgIpc) is 2.43. The first-order valence-corrected chi connectivity index (χ1v) is 6.08. The second-order valence-corrected chi connectivity index (χ2v) is 3.66. The van der Waals surface area contributed by atoms with Crippen LogP contribution in [0.1, 0.15) is 6.92 Å². The number of benzene rings is 1. The highest BCUT2D eigenvalue weighted by Gasteiger charge is 2.04. The molecule has 0 aliphatic carbocycles. The van der Waals surface area contributed by atoms with E-state index >= 15 is 0 Å². The Labute approximate surface area is 113 Å². The van der Waals surface area contributed by atoms with Crippen LogP contribution in [0, 0.1) is 0 Å². The van der Waals surface area contributed by atoms with Gasteiger partial charge in [-0.1, -0.05) is 0 Å². The van der Waals surface area contributed by atoms with Crippen molar-refractivity contribution in [3.8, 4) is 11.5 Å². The van der Waals surface area contributed by atoms with E-state index < -0.39 is 0 Å². The van der Waals surface area contributed by atoms with E-state index in [0.717, 1.165) is 5.69 Å². The maximum atomic E-state index is 5.76. The summed E-state index contributed by atoms with van der Waals surface area (Å²) in [5.74, 6) is 1.64. The molecule has 0 spiro atoms. The summed E-state index contributed by atoms with van der Waals surface area (Å²) in [6.07, 6.45) is 0. The van der Waals surface area contributed by atoms with Gasteiger partial charge in [-0.2, -0.15) is 0 Å². The van der Waals surface area contributed by atoms with Gasteiger partial charge in [-0.3, -0.25) is 4.99 Å². The fourth-order valence-corrected chi connectivity index (χ4v) is 1.48. The second kappa shape index (κ2) is 8.20. The van der Waals surface area contributed by atoms with Gasteiger partial charge in [0.25, 0.3) is 0 Å². The summed E-state index contributed by atoms with van der Waals surface area (Å²) in [5, 5.41) is 2.98. The summed E-state index contributed by atoms with van der Waals surface area (Å²) in [4.78, 5) is 4.14. The quantitative estimate of drug-likeness (QED) is 0.444. The molecule has 1 rings (SSSR count). The van der Waals surface area contributed by atoms with Crippen molar-refractivity contribution < 1.29 is 14.2 Å². The van der Waals surface area contributed by atoms with Crippen LogP contribution >= 0.6 is 0 Å². The maximum Gasteiger partial charge on any atom is 0.193 e. The number of nitrogens with one attached hydrogen (secondary N) is 1. The Hall–Kier alpha value is -1.95. The van der Waals surface area contributed by atoms with Gasteiger partial charge in [0.2, 0.25) is 0 Å². The van der Waals surface area contributed by atoms with Gasteiger partial charge in [-0.15, -0.1) is 0 Å². The van der Waals surface area contributed by atoms with Crippen molar-refractivity contribution in [1.82, 2.24) is 0 Å². The molecular weight excluding hydrogens is 246 g/mol. The predicted molar refractivity (Wildman–Crippen MR) is 76.2 cm³/mol. The molecule has 0 fully saturated rings. The molecule has 0 unspecified atom stereocenters. The lowest BCUT2D eigenvalue weighted by Gasteiger charge is -2.10. The minimum Gasteiger partial charge on any atom is -0.493 e. The van der Waals surface area contributed by atoms with Crippen LogP contribution in [0.5, 0.6) is 11.5 Å². The van der Waals surface area contributed by atoms with Crippen LogP contribution in [0.15, 0.2) is 23.2 Å². The third-order valence-electron chi connectivity index (χ3n) is 2.38. The number of anilines is 1. The van der Waals surface area contributed by atoms with E-state index in [0.29, 0.717) is 37.2 Å². The fourth-order valence-electron chi connectivity index (χ4n) is 1.48. The van der Waals surface area contributed by atoms with Crippen molar-refractivity contribution in [3.63, 3.8) is 0 Å². The van der Waals surface area contributed by atoms with Gasteiger partial charge >= 0.3 is 0 Å². The molecule has 6 nitrogen and oxygen atoms in total. The zero-order valence-electron chi connectivity index (χ0n) is 11.6. The van der Waals surface area contributed by atoms with E-state index in [-0.39, 0.29) is 0 Å². The normalized spacial score (nSPS) is 11.2. The van der Waals surface area contributed by atoms with Gasteiger partial charge in [0.05, 0.1) is 27.4 Å². The van der Waals surface area contributed by atoms with E-state index in [2.05, 4.69) is 10.3 Å². The van der Waals surface area contributed by atoms with Gasteiger partial charge in [0.15, 0.2) is 17.5 Å². The Bertz CT molecular complexity index is 422. The number of rotatable bonds is 7. The fraction of sp³-hybridized carbons (Fsp3) is 0.462. The summed E-state index contributed by atoms with van der Waals surface area (Å²) in [5.41, 5.74) is 6.55. The van der Waals surface area contributed by atoms with Crippen LogP contribution in [0.3, 0.4) is 0 Å². The number of ether oxygens (including phenoxy) is 3. The highest BCUT2D eigenvalue weighted by molar-refractivity contribution is 5.92. The summed E-state index contributed by atoms with van der Waals surface area (Å²) in [6.45, 7) is 3.71. The van der Waals surface area contributed by atoms with Crippen molar-refractivity contribution in [2.45, 2.75) is 6.92 Å². The number of nitrogens with zero attached hydrogens (tertiary/aromatic N) is 1. The molecule has 0 saturated heterocycles. The number of guanidine groups is 1. The van der Waals surface area contributed by atoms with E-state index in [1.807, 2.05) is 13.0 Å². The molecule has 0 aliphatic rings. The van der Waals surface area contributed by atoms with Gasteiger partial charge in [-0.25, -0.2) is 0 Å². The number of hydrogen-bond donors (Lipinski definition) is 2. The molecular formula is C13H21N3O3. The van der Waals surface area contributed by atoms with Crippen LogP contribution in [0.2, 0.25) is 0 Å². The van der Waals surface area contributed by atoms with Crippen LogP contribution in [0.4, 0.5) is 5.69 Å². The number of aliphatic imine (C=N–C) groups is 1. The SMILES string of the molecule is CCOCCN=C(N)Nc1ccc(OC)c(OC)c1. The number of methoxy groups -OCH3 is 2. The van der Waals surface area contributed by atoms with Gasteiger partial charge in [0.1, 0.15) is 0 Å². The molecule has 0 atom stereocenters. The highest BCUT2D eigenvalue weighted by atomic mass is 16.5. The van der Waals surface area contributed by atoms with Crippen molar-refractivity contribution in [3.05, 3.63) is 18.2 Å². The van der Waals surface area contributed by atoms with Crippen LogP contribution in [-0.2, 0) is 4.74 Å². The predicted octanol–water partition coefficient (Wildman–Crippen LogP) is 1.47. The average molecular weight is 267 g/mol. The zero-order chi connectivity index (χ0) is 14.1. The maximum absolute atomic E-state index is 5.76. The Kier molecular flexibility index (Phi) is 6.52. The Morgan fingerprint density at radius 3 is 2.63 bits per heavy atom. The molecule has 1 aromatic carbocycles. The molecule has 0 aromatic heterocycles. The summed E-state index contributed by atoms with van der Waals surface area (Å²) < 4.78 is 15.5. The van der Waals surface area contributed by atoms with Crippen molar-refractivity contribution in [2.24, 2.45) is 10.7 Å². The second-order valence-electron chi connectivity index (χ2n) is 3.66. The molecule has 0 aliphatic heterocycles. The van der Waals surface area contributed by atoms with Gasteiger partial charge in [-0.05, 0) is 19.1 Å². The van der Waals surface area contributed by atoms with Crippen molar-refractivity contribution in [1.29, 1.82) is 0 Å². The van der Waals surface area contributed by atoms with Gasteiger partial charge < -0.3 is 25.3 Å². The van der Waals surface area contributed by atoms with E-state index in [9.17, 15) is 0 Å². The van der Waals surface area contributed by atoms with Crippen molar-refractivity contribution in [2.75, 3.05) is 39.3 Å². The Morgan fingerprint density at radius 2 is 2.00 bits per heavy atom. The molecule has 0 bridgehead atoms. The minimum atomic E-state index is 0.340. The molecule has 19 heavy (non-hydrogen) atoms. The van der Waals surface area contributed by atoms with Crippen molar-refractivity contribution >= 4 is 11.6 Å². The molecule has 1 aromatic rings. The smallest absolute Gasteiger partial charge is 0.193 e.